The van der Waals surface area contributed by atoms with E-state index in [1.807, 2.05) is 36.4 Å². The molecule has 2 aromatic rings. The van der Waals surface area contributed by atoms with Gasteiger partial charge in [-0.2, -0.15) is 0 Å². The first kappa shape index (κ1) is 13.8. The summed E-state index contributed by atoms with van der Waals surface area (Å²) >= 11 is 0. The Balaban J connectivity index is 1.93. The van der Waals surface area contributed by atoms with E-state index in [-0.39, 0.29) is 18.0 Å². The number of nitrogens with one attached hydrogen (secondary N) is 1. The number of hydrogen-bond acceptors (Lipinski definition) is 3. The molecule has 3 rings (SSSR count). The predicted octanol–water partition coefficient (Wildman–Crippen LogP) is 3.93. The molecule has 3 nitrogen and oxygen atoms in total. The molecule has 2 aromatic carbocycles. The Labute approximate surface area is 125 Å². The van der Waals surface area contributed by atoms with E-state index in [0.717, 1.165) is 12.1 Å². The van der Waals surface area contributed by atoms with Crippen molar-refractivity contribution in [1.29, 1.82) is 0 Å². The molecule has 3 heteroatoms. The van der Waals surface area contributed by atoms with Crippen molar-refractivity contribution < 1.29 is 5.21 Å². The molecular weight excluding hydrogens is 260 g/mol. The monoisotopic (exact) mass is 280 g/mol. The minimum absolute atomic E-state index is 0.163. The molecule has 1 aliphatic heterocycles. The van der Waals surface area contributed by atoms with Gasteiger partial charge in [-0.3, -0.25) is 0 Å². The quantitative estimate of drug-likeness (QED) is 0.646. The van der Waals surface area contributed by atoms with Crippen LogP contribution in [-0.2, 0) is 0 Å². The largest absolute Gasteiger partial charge is 0.411 e. The van der Waals surface area contributed by atoms with E-state index in [2.05, 4.69) is 41.7 Å². The lowest BCUT2D eigenvalue weighted by Gasteiger charge is -2.37. The zero-order valence-electron chi connectivity index (χ0n) is 12.1. The smallest absolute Gasteiger partial charge is 0.0636 e. The highest BCUT2D eigenvalue weighted by atomic mass is 16.4. The molecule has 0 radical (unpaired) electrons. The highest BCUT2D eigenvalue weighted by molar-refractivity contribution is 5.88. The van der Waals surface area contributed by atoms with Crippen LogP contribution in [0.15, 0.2) is 65.8 Å². The molecule has 1 fully saturated rings. The summed E-state index contributed by atoms with van der Waals surface area (Å²) in [5.74, 6) is 0.178. The van der Waals surface area contributed by atoms with Crippen LogP contribution < -0.4 is 5.32 Å². The second-order valence-electron chi connectivity index (χ2n) is 5.60. The molecule has 0 aliphatic carbocycles. The van der Waals surface area contributed by atoms with E-state index in [1.165, 1.54) is 11.1 Å². The summed E-state index contributed by atoms with van der Waals surface area (Å²) < 4.78 is 0. The van der Waals surface area contributed by atoms with Crippen LogP contribution in [0, 0.1) is 5.92 Å². The van der Waals surface area contributed by atoms with E-state index in [4.69, 9.17) is 0 Å². The van der Waals surface area contributed by atoms with Gasteiger partial charge in [0.2, 0.25) is 0 Å². The molecule has 0 unspecified atom stereocenters. The number of benzene rings is 2. The third-order valence-electron chi connectivity index (χ3n) is 4.31. The standard InChI is InChI=1S/C18H20N2O/c1-13-16(20-21)12-17(14-8-4-2-5-9-14)19-18(13)15-10-6-3-7-11-15/h2-11,13,17-19,21H,12H2,1H3/b20-16-/t13-,17+,18-/m0/s1. The first-order chi connectivity index (χ1) is 10.3. The summed E-state index contributed by atoms with van der Waals surface area (Å²) in [6.45, 7) is 2.11. The zero-order valence-corrected chi connectivity index (χ0v) is 12.1. The maximum absolute atomic E-state index is 9.35. The van der Waals surface area contributed by atoms with E-state index >= 15 is 0 Å². The van der Waals surface area contributed by atoms with E-state index in [0.29, 0.717) is 0 Å². The Hall–Kier alpha value is -2.13. The summed E-state index contributed by atoms with van der Waals surface area (Å²) in [5, 5.41) is 16.6. The Morgan fingerprint density at radius 1 is 0.952 bits per heavy atom. The molecule has 3 atom stereocenters. The van der Waals surface area contributed by atoms with Crippen LogP contribution in [0.2, 0.25) is 0 Å². The maximum atomic E-state index is 9.35. The van der Waals surface area contributed by atoms with Gasteiger partial charge in [-0.05, 0) is 11.1 Å². The van der Waals surface area contributed by atoms with Crippen molar-refractivity contribution in [2.75, 3.05) is 0 Å². The highest BCUT2D eigenvalue weighted by Gasteiger charge is 2.33. The van der Waals surface area contributed by atoms with Crippen molar-refractivity contribution in [2.45, 2.75) is 25.4 Å². The summed E-state index contributed by atoms with van der Waals surface area (Å²) in [4.78, 5) is 0. The second-order valence-corrected chi connectivity index (χ2v) is 5.60. The second kappa shape index (κ2) is 6.10. The summed E-state index contributed by atoms with van der Waals surface area (Å²) in [5.41, 5.74) is 3.31. The molecule has 1 saturated heterocycles. The molecule has 1 heterocycles. The lowest BCUT2D eigenvalue weighted by molar-refractivity contribution is 0.294. The third kappa shape index (κ3) is 2.83. The van der Waals surface area contributed by atoms with Crippen molar-refractivity contribution >= 4 is 5.71 Å². The van der Waals surface area contributed by atoms with Gasteiger partial charge in [0, 0.05) is 24.4 Å². The van der Waals surface area contributed by atoms with Crippen LogP contribution in [0.1, 0.15) is 36.6 Å². The van der Waals surface area contributed by atoms with E-state index in [9.17, 15) is 5.21 Å². The Morgan fingerprint density at radius 2 is 1.52 bits per heavy atom. The van der Waals surface area contributed by atoms with Crippen LogP contribution in [0.4, 0.5) is 0 Å². The fourth-order valence-electron chi connectivity index (χ4n) is 3.08. The number of rotatable bonds is 2. The van der Waals surface area contributed by atoms with Crippen LogP contribution in [0.25, 0.3) is 0 Å². The van der Waals surface area contributed by atoms with E-state index in [1.54, 1.807) is 0 Å². The molecule has 1 aliphatic rings. The van der Waals surface area contributed by atoms with Crippen LogP contribution in [-0.4, -0.2) is 10.9 Å². The van der Waals surface area contributed by atoms with Crippen molar-refractivity contribution in [3.63, 3.8) is 0 Å². The summed E-state index contributed by atoms with van der Waals surface area (Å²) in [7, 11) is 0. The average molecular weight is 280 g/mol. The van der Waals surface area contributed by atoms with Gasteiger partial charge >= 0.3 is 0 Å². The lowest BCUT2D eigenvalue weighted by atomic mass is 9.81. The Morgan fingerprint density at radius 3 is 2.10 bits per heavy atom. The molecule has 108 valence electrons. The highest BCUT2D eigenvalue weighted by Crippen LogP contribution is 2.35. The molecule has 0 spiro atoms. The number of nitrogens with zero attached hydrogens (tertiary/aromatic N) is 1. The van der Waals surface area contributed by atoms with Gasteiger partial charge in [0.05, 0.1) is 5.71 Å². The zero-order chi connectivity index (χ0) is 14.7. The molecule has 0 bridgehead atoms. The number of piperidine rings is 1. The summed E-state index contributed by atoms with van der Waals surface area (Å²) in [6, 6.07) is 21.0. The van der Waals surface area contributed by atoms with Gasteiger partial charge in [0.15, 0.2) is 0 Å². The van der Waals surface area contributed by atoms with E-state index < -0.39 is 0 Å². The number of oxime groups is 1. The predicted molar refractivity (Wildman–Crippen MR) is 84.5 cm³/mol. The average Bonchev–Trinajstić information content (AvgIpc) is 2.56. The van der Waals surface area contributed by atoms with Gasteiger partial charge in [-0.1, -0.05) is 72.7 Å². The minimum Gasteiger partial charge on any atom is -0.411 e. The lowest BCUT2D eigenvalue weighted by Crippen LogP contribution is -2.41. The third-order valence-corrected chi connectivity index (χ3v) is 4.31. The molecule has 0 aromatic heterocycles. The Kier molecular flexibility index (Phi) is 4.02. The van der Waals surface area contributed by atoms with Gasteiger partial charge in [0.25, 0.3) is 0 Å². The normalized spacial score (nSPS) is 27.7. The molecule has 0 amide bonds. The summed E-state index contributed by atoms with van der Waals surface area (Å²) in [6.07, 6.45) is 0.741. The van der Waals surface area contributed by atoms with Crippen molar-refractivity contribution in [3.8, 4) is 0 Å². The van der Waals surface area contributed by atoms with Gasteiger partial charge < -0.3 is 10.5 Å². The first-order valence-electron chi connectivity index (χ1n) is 7.36. The van der Waals surface area contributed by atoms with Crippen LogP contribution in [0.3, 0.4) is 0 Å². The van der Waals surface area contributed by atoms with Crippen LogP contribution in [0.5, 0.6) is 0 Å². The molecule has 0 saturated carbocycles. The van der Waals surface area contributed by atoms with Gasteiger partial charge in [0.1, 0.15) is 0 Å². The Bertz CT molecular complexity index is 610. The molecule has 21 heavy (non-hydrogen) atoms. The van der Waals surface area contributed by atoms with Crippen LogP contribution >= 0.6 is 0 Å². The fourth-order valence-corrected chi connectivity index (χ4v) is 3.08. The first-order valence-corrected chi connectivity index (χ1v) is 7.36. The SMILES string of the molecule is C[C@H]1/C(=N\O)C[C@H](c2ccccc2)N[C@@H]1c1ccccc1. The van der Waals surface area contributed by atoms with Crippen molar-refractivity contribution in [2.24, 2.45) is 11.1 Å². The van der Waals surface area contributed by atoms with Crippen molar-refractivity contribution in [1.82, 2.24) is 5.32 Å². The minimum atomic E-state index is 0.163. The van der Waals surface area contributed by atoms with Gasteiger partial charge in [-0.25, -0.2) is 0 Å². The molecular formula is C18H20N2O. The van der Waals surface area contributed by atoms with Crippen molar-refractivity contribution in [3.05, 3.63) is 71.8 Å². The number of hydrogen-bond donors (Lipinski definition) is 2. The molecule has 2 N–H and O–H groups in total. The fraction of sp³-hybridized carbons (Fsp3) is 0.278. The van der Waals surface area contributed by atoms with Gasteiger partial charge in [-0.15, -0.1) is 0 Å². The topological polar surface area (TPSA) is 44.6 Å². The maximum Gasteiger partial charge on any atom is 0.0636 e.